The lowest BCUT2D eigenvalue weighted by Gasteiger charge is -2.12. The summed E-state index contributed by atoms with van der Waals surface area (Å²) in [4.78, 5) is 13.1. The maximum Gasteiger partial charge on any atom is 0.273 e. The quantitative estimate of drug-likeness (QED) is 0.667. The van der Waals surface area contributed by atoms with Crippen molar-refractivity contribution in [3.63, 3.8) is 0 Å². The van der Waals surface area contributed by atoms with Crippen molar-refractivity contribution >= 4 is 17.0 Å². The molecule has 0 bridgehead atoms. The van der Waals surface area contributed by atoms with E-state index in [0.717, 1.165) is 0 Å². The number of nitro benzene ring substituents is 1. The standard InChI is InChI=1S/C14H16N2O2S/c1-10-7-8-14(19-10)11(2)15-9-12-5-3-4-6-13(12)16(17)18/h3-8,11,15H,9H2,1-2H3. The first-order valence-corrected chi connectivity index (χ1v) is 6.91. The zero-order valence-corrected chi connectivity index (χ0v) is 11.7. The molecule has 0 amide bonds. The molecule has 19 heavy (non-hydrogen) atoms. The van der Waals surface area contributed by atoms with Gasteiger partial charge in [0.1, 0.15) is 0 Å². The Kier molecular flexibility index (Phi) is 4.29. The molecule has 1 unspecified atom stereocenters. The Morgan fingerprint density at radius 1 is 1.32 bits per heavy atom. The van der Waals surface area contributed by atoms with Crippen LogP contribution in [0.2, 0.25) is 0 Å². The van der Waals surface area contributed by atoms with Crippen LogP contribution in [-0.2, 0) is 6.54 Å². The Balaban J connectivity index is 2.05. The number of aryl methyl sites for hydroxylation is 1. The van der Waals surface area contributed by atoms with Crippen LogP contribution < -0.4 is 5.32 Å². The smallest absolute Gasteiger partial charge is 0.273 e. The van der Waals surface area contributed by atoms with E-state index in [1.54, 1.807) is 23.5 Å². The highest BCUT2D eigenvalue weighted by Gasteiger charge is 2.13. The number of rotatable bonds is 5. The third-order valence-corrected chi connectivity index (χ3v) is 4.16. The van der Waals surface area contributed by atoms with Gasteiger partial charge in [-0.15, -0.1) is 11.3 Å². The Labute approximate surface area is 116 Å². The average Bonchev–Trinajstić information content (AvgIpc) is 2.83. The van der Waals surface area contributed by atoms with Gasteiger partial charge < -0.3 is 5.32 Å². The van der Waals surface area contributed by atoms with Crippen LogP contribution >= 0.6 is 11.3 Å². The summed E-state index contributed by atoms with van der Waals surface area (Å²) in [6, 6.07) is 11.2. The monoisotopic (exact) mass is 276 g/mol. The van der Waals surface area contributed by atoms with E-state index in [1.807, 2.05) is 6.07 Å². The fourth-order valence-corrected chi connectivity index (χ4v) is 2.79. The number of nitrogens with zero attached hydrogens (tertiary/aromatic N) is 1. The molecule has 1 heterocycles. The lowest BCUT2D eigenvalue weighted by molar-refractivity contribution is -0.385. The molecular weight excluding hydrogens is 260 g/mol. The number of nitro groups is 1. The summed E-state index contributed by atoms with van der Waals surface area (Å²) in [6.07, 6.45) is 0. The molecule has 0 saturated heterocycles. The Bertz CT molecular complexity index is 580. The van der Waals surface area contributed by atoms with Gasteiger partial charge in [0, 0.05) is 34.0 Å². The topological polar surface area (TPSA) is 55.2 Å². The molecule has 0 fully saturated rings. The van der Waals surface area contributed by atoms with Crippen molar-refractivity contribution in [2.24, 2.45) is 0 Å². The molecule has 0 aliphatic heterocycles. The van der Waals surface area contributed by atoms with Crippen LogP contribution in [0.15, 0.2) is 36.4 Å². The highest BCUT2D eigenvalue weighted by atomic mass is 32.1. The molecule has 0 spiro atoms. The first-order valence-electron chi connectivity index (χ1n) is 6.10. The van der Waals surface area contributed by atoms with E-state index in [-0.39, 0.29) is 16.7 Å². The molecule has 1 N–H and O–H groups in total. The summed E-state index contributed by atoms with van der Waals surface area (Å²) < 4.78 is 0. The van der Waals surface area contributed by atoms with Crippen molar-refractivity contribution in [3.8, 4) is 0 Å². The molecule has 100 valence electrons. The minimum Gasteiger partial charge on any atom is -0.305 e. The van der Waals surface area contributed by atoms with E-state index in [2.05, 4.69) is 31.3 Å². The molecule has 2 aromatic rings. The molecule has 0 saturated carbocycles. The first-order chi connectivity index (χ1) is 9.08. The second-order valence-corrected chi connectivity index (χ2v) is 5.76. The Morgan fingerprint density at radius 2 is 2.05 bits per heavy atom. The summed E-state index contributed by atoms with van der Waals surface area (Å²) in [5, 5.41) is 14.2. The van der Waals surface area contributed by atoms with Gasteiger partial charge in [0.05, 0.1) is 4.92 Å². The summed E-state index contributed by atoms with van der Waals surface area (Å²) >= 11 is 1.75. The fraction of sp³-hybridized carbons (Fsp3) is 0.286. The van der Waals surface area contributed by atoms with E-state index < -0.39 is 0 Å². The molecule has 0 aliphatic rings. The first kappa shape index (κ1) is 13.7. The third kappa shape index (κ3) is 3.39. The van der Waals surface area contributed by atoms with E-state index in [4.69, 9.17) is 0 Å². The van der Waals surface area contributed by atoms with Gasteiger partial charge in [-0.05, 0) is 26.0 Å². The molecule has 0 radical (unpaired) electrons. The van der Waals surface area contributed by atoms with Gasteiger partial charge in [-0.1, -0.05) is 18.2 Å². The summed E-state index contributed by atoms with van der Waals surface area (Å²) in [5.74, 6) is 0. The molecular formula is C14H16N2O2S. The zero-order chi connectivity index (χ0) is 13.8. The number of nitrogens with one attached hydrogen (secondary N) is 1. The summed E-state index contributed by atoms with van der Waals surface area (Å²) in [6.45, 7) is 4.64. The van der Waals surface area contributed by atoms with Crippen LogP contribution in [0.25, 0.3) is 0 Å². The van der Waals surface area contributed by atoms with Crippen LogP contribution in [0.3, 0.4) is 0 Å². The lowest BCUT2D eigenvalue weighted by atomic mass is 10.1. The second kappa shape index (κ2) is 5.95. The van der Waals surface area contributed by atoms with Crippen molar-refractivity contribution in [3.05, 3.63) is 61.8 Å². The fourth-order valence-electron chi connectivity index (χ4n) is 1.89. The van der Waals surface area contributed by atoms with E-state index in [9.17, 15) is 10.1 Å². The van der Waals surface area contributed by atoms with Crippen molar-refractivity contribution in [1.82, 2.24) is 5.32 Å². The number of hydrogen-bond donors (Lipinski definition) is 1. The van der Waals surface area contributed by atoms with Gasteiger partial charge >= 0.3 is 0 Å². The normalized spacial score (nSPS) is 12.3. The van der Waals surface area contributed by atoms with Crippen LogP contribution in [0.5, 0.6) is 0 Å². The Hall–Kier alpha value is -1.72. The van der Waals surface area contributed by atoms with E-state index in [1.165, 1.54) is 15.8 Å². The molecule has 2 rings (SSSR count). The summed E-state index contributed by atoms with van der Waals surface area (Å²) in [7, 11) is 0. The second-order valence-electron chi connectivity index (χ2n) is 4.44. The molecule has 5 heteroatoms. The predicted octanol–water partition coefficient (Wildman–Crippen LogP) is 3.82. The van der Waals surface area contributed by atoms with Gasteiger partial charge in [-0.25, -0.2) is 0 Å². The third-order valence-electron chi connectivity index (χ3n) is 2.97. The van der Waals surface area contributed by atoms with Gasteiger partial charge in [0.25, 0.3) is 5.69 Å². The van der Waals surface area contributed by atoms with Gasteiger partial charge in [-0.3, -0.25) is 10.1 Å². The predicted molar refractivity (Wildman–Crippen MR) is 77.4 cm³/mol. The average molecular weight is 276 g/mol. The van der Waals surface area contributed by atoms with E-state index in [0.29, 0.717) is 12.1 Å². The molecule has 1 aromatic carbocycles. The maximum absolute atomic E-state index is 10.9. The molecule has 1 atom stereocenters. The molecule has 4 nitrogen and oxygen atoms in total. The van der Waals surface area contributed by atoms with E-state index >= 15 is 0 Å². The van der Waals surface area contributed by atoms with Crippen molar-refractivity contribution in [2.75, 3.05) is 0 Å². The lowest BCUT2D eigenvalue weighted by Crippen LogP contribution is -2.17. The zero-order valence-electron chi connectivity index (χ0n) is 10.9. The highest BCUT2D eigenvalue weighted by molar-refractivity contribution is 7.12. The van der Waals surface area contributed by atoms with Crippen LogP contribution in [0, 0.1) is 17.0 Å². The maximum atomic E-state index is 10.9. The van der Waals surface area contributed by atoms with Crippen LogP contribution in [0.1, 0.15) is 28.3 Å². The minimum absolute atomic E-state index is 0.171. The SMILES string of the molecule is Cc1ccc(C(C)NCc2ccccc2[N+](=O)[O-])s1. The van der Waals surface area contributed by atoms with Crippen LogP contribution in [-0.4, -0.2) is 4.92 Å². The van der Waals surface area contributed by atoms with Crippen molar-refractivity contribution in [1.29, 1.82) is 0 Å². The number of benzene rings is 1. The molecule has 1 aromatic heterocycles. The van der Waals surface area contributed by atoms with Gasteiger partial charge in [-0.2, -0.15) is 0 Å². The van der Waals surface area contributed by atoms with Crippen molar-refractivity contribution < 1.29 is 4.92 Å². The highest BCUT2D eigenvalue weighted by Crippen LogP contribution is 2.24. The minimum atomic E-state index is -0.336. The van der Waals surface area contributed by atoms with Crippen LogP contribution in [0.4, 0.5) is 5.69 Å². The van der Waals surface area contributed by atoms with Crippen molar-refractivity contribution in [2.45, 2.75) is 26.4 Å². The largest absolute Gasteiger partial charge is 0.305 e. The van der Waals surface area contributed by atoms with Gasteiger partial charge in [0.15, 0.2) is 0 Å². The number of hydrogen-bond acceptors (Lipinski definition) is 4. The number of para-hydroxylation sites is 1. The Morgan fingerprint density at radius 3 is 2.68 bits per heavy atom. The van der Waals surface area contributed by atoms with Gasteiger partial charge in [0.2, 0.25) is 0 Å². The summed E-state index contributed by atoms with van der Waals surface area (Å²) in [5.41, 5.74) is 0.886. The molecule has 0 aliphatic carbocycles. The number of thiophene rings is 1.